The van der Waals surface area contributed by atoms with Crippen molar-refractivity contribution in [1.82, 2.24) is 0 Å². The van der Waals surface area contributed by atoms with Crippen molar-refractivity contribution in [3.63, 3.8) is 0 Å². The lowest BCUT2D eigenvalue weighted by Crippen LogP contribution is -2.19. The number of nitrogens with zero attached hydrogens (tertiary/aromatic N) is 1. The zero-order valence-corrected chi connectivity index (χ0v) is 7.73. The molecule has 1 rings (SSSR count). The van der Waals surface area contributed by atoms with E-state index in [1.165, 1.54) is 0 Å². The van der Waals surface area contributed by atoms with E-state index in [1.807, 2.05) is 13.8 Å². The third-order valence-electron chi connectivity index (χ3n) is 2.26. The summed E-state index contributed by atoms with van der Waals surface area (Å²) >= 11 is 0. The molecule has 5 heteroatoms. The van der Waals surface area contributed by atoms with Gasteiger partial charge < -0.3 is 4.74 Å². The molecule has 5 nitrogen and oxygen atoms in total. The maximum Gasteiger partial charge on any atom is 0.309 e. The summed E-state index contributed by atoms with van der Waals surface area (Å²) in [4.78, 5) is 20.9. The second-order valence-corrected chi connectivity index (χ2v) is 3.66. The zero-order chi connectivity index (χ0) is 10.0. The second-order valence-electron chi connectivity index (χ2n) is 3.66. The number of ether oxygens (including phenoxy) is 1. The van der Waals surface area contributed by atoms with Crippen LogP contribution in [0.3, 0.4) is 0 Å². The molecule has 74 valence electrons. The Morgan fingerprint density at radius 1 is 1.69 bits per heavy atom. The van der Waals surface area contributed by atoms with Crippen LogP contribution < -0.4 is 0 Å². The van der Waals surface area contributed by atoms with Crippen molar-refractivity contribution in [1.29, 1.82) is 0 Å². The molecule has 1 heterocycles. The number of hydrogen-bond acceptors (Lipinski definition) is 4. The fourth-order valence-electron chi connectivity index (χ4n) is 1.50. The van der Waals surface area contributed by atoms with E-state index in [-0.39, 0.29) is 24.3 Å². The minimum atomic E-state index is -0.519. The van der Waals surface area contributed by atoms with E-state index in [9.17, 15) is 14.9 Å². The van der Waals surface area contributed by atoms with Crippen molar-refractivity contribution in [2.45, 2.75) is 26.4 Å². The monoisotopic (exact) mass is 187 g/mol. The van der Waals surface area contributed by atoms with Crippen LogP contribution in [0, 0.1) is 22.0 Å². The van der Waals surface area contributed by atoms with E-state index < -0.39 is 11.0 Å². The third-order valence-corrected chi connectivity index (χ3v) is 2.26. The van der Waals surface area contributed by atoms with Gasteiger partial charge in [-0.3, -0.25) is 14.9 Å². The summed E-state index contributed by atoms with van der Waals surface area (Å²) in [6.07, 6.45) is -0.0350. The highest BCUT2D eigenvalue weighted by atomic mass is 16.6. The summed E-state index contributed by atoms with van der Waals surface area (Å²) in [5.41, 5.74) is 0. The van der Waals surface area contributed by atoms with Gasteiger partial charge in [-0.25, -0.2) is 0 Å². The summed E-state index contributed by atoms with van der Waals surface area (Å²) < 4.78 is 4.87. The molecule has 1 saturated heterocycles. The van der Waals surface area contributed by atoms with E-state index in [0.717, 1.165) is 0 Å². The minimum absolute atomic E-state index is 0.162. The van der Waals surface area contributed by atoms with Crippen LogP contribution in [0.1, 0.15) is 20.3 Å². The van der Waals surface area contributed by atoms with Gasteiger partial charge in [0.1, 0.15) is 0 Å². The Kier molecular flexibility index (Phi) is 2.85. The molecule has 1 fully saturated rings. The van der Waals surface area contributed by atoms with Gasteiger partial charge in [0.25, 0.3) is 0 Å². The molecule has 0 bridgehead atoms. The predicted molar refractivity (Wildman–Crippen MR) is 44.7 cm³/mol. The van der Waals surface area contributed by atoms with Gasteiger partial charge in [0.2, 0.25) is 6.54 Å². The summed E-state index contributed by atoms with van der Waals surface area (Å²) in [6.45, 7) is 3.57. The van der Waals surface area contributed by atoms with E-state index in [4.69, 9.17) is 4.74 Å². The Bertz CT molecular complexity index is 226. The fourth-order valence-corrected chi connectivity index (χ4v) is 1.50. The smallest absolute Gasteiger partial charge is 0.309 e. The normalized spacial score (nSPS) is 27.8. The second kappa shape index (κ2) is 3.72. The zero-order valence-electron chi connectivity index (χ0n) is 7.73. The first-order valence-electron chi connectivity index (χ1n) is 4.33. The Hall–Kier alpha value is -1.13. The maximum atomic E-state index is 11.2. The van der Waals surface area contributed by atoms with Crippen LogP contribution >= 0.6 is 0 Å². The highest BCUT2D eigenvalue weighted by Crippen LogP contribution is 2.27. The van der Waals surface area contributed by atoms with E-state index in [2.05, 4.69) is 0 Å². The van der Waals surface area contributed by atoms with Gasteiger partial charge in [-0.1, -0.05) is 13.8 Å². The van der Waals surface area contributed by atoms with Crippen molar-refractivity contribution < 1.29 is 14.5 Å². The van der Waals surface area contributed by atoms with Gasteiger partial charge in [0.05, 0.1) is 5.92 Å². The molecule has 1 unspecified atom stereocenters. The molecule has 0 amide bonds. The lowest BCUT2D eigenvalue weighted by atomic mass is 9.93. The Morgan fingerprint density at radius 2 is 2.31 bits per heavy atom. The van der Waals surface area contributed by atoms with Crippen LogP contribution in [-0.2, 0) is 9.53 Å². The van der Waals surface area contributed by atoms with Crippen molar-refractivity contribution in [3.8, 4) is 0 Å². The van der Waals surface area contributed by atoms with Gasteiger partial charge in [-0.2, -0.15) is 0 Å². The van der Waals surface area contributed by atoms with Crippen LogP contribution in [0.2, 0.25) is 0 Å². The molecule has 13 heavy (non-hydrogen) atoms. The first-order chi connectivity index (χ1) is 6.00. The third kappa shape index (κ3) is 2.40. The maximum absolute atomic E-state index is 11.2. The number of nitro groups is 1. The molecule has 0 saturated carbocycles. The van der Waals surface area contributed by atoms with Crippen LogP contribution in [-0.4, -0.2) is 23.5 Å². The van der Waals surface area contributed by atoms with Crippen molar-refractivity contribution in [2.24, 2.45) is 11.8 Å². The topological polar surface area (TPSA) is 69.4 Å². The van der Waals surface area contributed by atoms with Gasteiger partial charge in [0.15, 0.2) is 6.10 Å². The number of esters is 1. The molecule has 1 aliphatic heterocycles. The number of cyclic esters (lactones) is 1. The number of carbonyl (C=O) groups excluding carboxylic acids is 1. The van der Waals surface area contributed by atoms with Crippen LogP contribution in [0.25, 0.3) is 0 Å². The van der Waals surface area contributed by atoms with Gasteiger partial charge in [-0.05, 0) is 5.92 Å². The molecule has 1 aliphatic rings. The fraction of sp³-hybridized carbons (Fsp3) is 0.875. The molecule has 0 radical (unpaired) electrons. The lowest BCUT2D eigenvalue weighted by molar-refractivity contribution is -0.489. The van der Waals surface area contributed by atoms with Crippen LogP contribution in [0.15, 0.2) is 0 Å². The van der Waals surface area contributed by atoms with E-state index >= 15 is 0 Å². The number of carbonyl (C=O) groups is 1. The first kappa shape index (κ1) is 9.95. The summed E-state index contributed by atoms with van der Waals surface area (Å²) in [6, 6.07) is 0. The summed E-state index contributed by atoms with van der Waals surface area (Å²) in [5.74, 6) is -0.254. The standard InChI is InChI=1S/C8H13NO4/c1-5(2)7-3-6(4-9(11)12)13-8(7)10/h5-7H,3-4H2,1-2H3/t6?,7-/m1/s1. The highest BCUT2D eigenvalue weighted by molar-refractivity contribution is 5.74. The first-order valence-corrected chi connectivity index (χ1v) is 4.33. The average Bonchev–Trinajstić information content (AvgIpc) is 2.29. The van der Waals surface area contributed by atoms with Crippen molar-refractivity contribution in [3.05, 3.63) is 10.1 Å². The number of hydrogen-bond donors (Lipinski definition) is 0. The van der Waals surface area contributed by atoms with Gasteiger partial charge in [-0.15, -0.1) is 0 Å². The Labute approximate surface area is 76.2 Å². The minimum Gasteiger partial charge on any atom is -0.455 e. The molecular weight excluding hydrogens is 174 g/mol. The molecular formula is C8H13NO4. The predicted octanol–water partition coefficient (Wildman–Crippen LogP) is 0.851. The quantitative estimate of drug-likeness (QED) is 0.373. The molecule has 0 aromatic carbocycles. The molecule has 2 atom stereocenters. The van der Waals surface area contributed by atoms with Crippen LogP contribution in [0.4, 0.5) is 0 Å². The Morgan fingerprint density at radius 3 is 2.69 bits per heavy atom. The Balaban J connectivity index is 2.50. The van der Waals surface area contributed by atoms with Gasteiger partial charge in [0, 0.05) is 11.3 Å². The molecule has 0 aromatic heterocycles. The summed E-state index contributed by atoms with van der Waals surface area (Å²) in [7, 11) is 0. The lowest BCUT2D eigenvalue weighted by Gasteiger charge is -2.07. The number of rotatable bonds is 3. The van der Waals surface area contributed by atoms with Crippen LogP contribution in [0.5, 0.6) is 0 Å². The van der Waals surface area contributed by atoms with Crippen molar-refractivity contribution >= 4 is 5.97 Å². The van der Waals surface area contributed by atoms with Crippen molar-refractivity contribution in [2.75, 3.05) is 6.54 Å². The average molecular weight is 187 g/mol. The molecule has 0 N–H and O–H groups in total. The molecule has 0 aromatic rings. The van der Waals surface area contributed by atoms with Gasteiger partial charge >= 0.3 is 5.97 Å². The van der Waals surface area contributed by atoms with E-state index in [0.29, 0.717) is 6.42 Å². The molecule has 0 aliphatic carbocycles. The van der Waals surface area contributed by atoms with E-state index in [1.54, 1.807) is 0 Å². The SMILES string of the molecule is CC(C)[C@H]1CC(C[N+](=O)[O-])OC1=O. The largest absolute Gasteiger partial charge is 0.455 e. The highest BCUT2D eigenvalue weighted by Gasteiger charge is 2.38. The summed E-state index contributed by atoms with van der Waals surface area (Å²) in [5, 5.41) is 10.2. The molecule has 0 spiro atoms.